The molecule has 0 spiro atoms. The number of rotatable bonds is 0. The van der Waals surface area contributed by atoms with Crippen molar-refractivity contribution in [3.05, 3.63) is 41.7 Å². The van der Waals surface area contributed by atoms with Gasteiger partial charge in [-0.2, -0.15) is 0 Å². The van der Waals surface area contributed by atoms with Crippen LogP contribution in [-0.2, 0) is 0 Å². The Balaban J connectivity index is 2.11. The summed E-state index contributed by atoms with van der Waals surface area (Å²) in [4.78, 5) is 12.1. The summed E-state index contributed by atoms with van der Waals surface area (Å²) in [5, 5.41) is 0. The molecule has 1 aliphatic carbocycles. The Kier molecular flexibility index (Phi) is 1.88. The van der Waals surface area contributed by atoms with Crippen molar-refractivity contribution >= 4 is 5.78 Å². The minimum absolute atomic E-state index is 0.0198. The van der Waals surface area contributed by atoms with Crippen LogP contribution in [-0.4, -0.2) is 5.78 Å². The van der Waals surface area contributed by atoms with E-state index >= 15 is 0 Å². The Morgan fingerprint density at radius 3 is 3.07 bits per heavy atom. The molecule has 0 N–H and O–H groups in total. The quantitative estimate of drug-likeness (QED) is 0.643. The number of carbonyl (C=O) groups excluding carboxylic acids is 1. The second kappa shape index (κ2) is 3.23. The molecule has 0 bridgehead atoms. The predicted molar refractivity (Wildman–Crippen MR) is 56.8 cm³/mol. The average Bonchev–Trinajstić information content (AvgIpc) is 2.30. The van der Waals surface area contributed by atoms with Crippen LogP contribution in [0.15, 0.2) is 36.1 Å². The summed E-state index contributed by atoms with van der Waals surface area (Å²) < 4.78 is 5.75. The lowest BCUT2D eigenvalue weighted by molar-refractivity contribution is 0.0876. The summed E-state index contributed by atoms with van der Waals surface area (Å²) >= 11 is 0. The third-order valence-electron chi connectivity index (χ3n) is 3.08. The van der Waals surface area contributed by atoms with E-state index in [-0.39, 0.29) is 11.7 Å². The normalized spacial score (nSPS) is 23.6. The minimum Gasteiger partial charge on any atom is -0.461 e. The van der Waals surface area contributed by atoms with E-state index in [9.17, 15) is 4.79 Å². The fourth-order valence-corrected chi connectivity index (χ4v) is 2.30. The van der Waals surface area contributed by atoms with Crippen molar-refractivity contribution in [2.24, 2.45) is 5.92 Å². The number of carbonyl (C=O) groups is 1. The van der Waals surface area contributed by atoms with E-state index in [4.69, 9.17) is 4.74 Å². The third kappa shape index (κ3) is 1.29. The van der Waals surface area contributed by atoms with Gasteiger partial charge >= 0.3 is 0 Å². The topological polar surface area (TPSA) is 26.3 Å². The Bertz CT molecular complexity index is 446. The Labute approximate surface area is 88.6 Å². The molecule has 0 amide bonds. The molecule has 76 valence electrons. The van der Waals surface area contributed by atoms with Crippen molar-refractivity contribution in [1.29, 1.82) is 0 Å². The smallest absolute Gasteiger partial charge is 0.177 e. The van der Waals surface area contributed by atoms with Crippen molar-refractivity contribution in [3.8, 4) is 5.75 Å². The van der Waals surface area contributed by atoms with Crippen LogP contribution in [0.5, 0.6) is 5.75 Å². The maximum atomic E-state index is 12.1. The van der Waals surface area contributed by atoms with E-state index in [1.54, 1.807) is 0 Å². The fourth-order valence-electron chi connectivity index (χ4n) is 2.30. The molecule has 0 saturated heterocycles. The molecular formula is C13H12O2. The third-order valence-corrected chi connectivity index (χ3v) is 3.08. The molecule has 2 nitrogen and oxygen atoms in total. The molecule has 0 radical (unpaired) electrons. The molecule has 1 atom stereocenters. The van der Waals surface area contributed by atoms with E-state index in [2.05, 4.69) is 6.08 Å². The van der Waals surface area contributed by atoms with Gasteiger partial charge in [0.25, 0.3) is 0 Å². The monoisotopic (exact) mass is 200 g/mol. The van der Waals surface area contributed by atoms with Gasteiger partial charge in [-0.25, -0.2) is 0 Å². The summed E-state index contributed by atoms with van der Waals surface area (Å²) in [6.07, 6.45) is 5.10. The minimum atomic E-state index is -0.0198. The Hall–Kier alpha value is -1.57. The molecule has 0 saturated carbocycles. The van der Waals surface area contributed by atoms with E-state index in [1.807, 2.05) is 24.3 Å². The van der Waals surface area contributed by atoms with E-state index in [0.29, 0.717) is 5.75 Å². The van der Waals surface area contributed by atoms with Crippen LogP contribution in [0.4, 0.5) is 0 Å². The molecule has 1 aliphatic heterocycles. The zero-order chi connectivity index (χ0) is 10.3. The number of ketones is 1. The second-order valence-corrected chi connectivity index (χ2v) is 4.05. The van der Waals surface area contributed by atoms with Gasteiger partial charge < -0.3 is 4.74 Å². The van der Waals surface area contributed by atoms with Crippen LogP contribution in [0.2, 0.25) is 0 Å². The van der Waals surface area contributed by atoms with Crippen molar-refractivity contribution in [2.75, 3.05) is 0 Å². The van der Waals surface area contributed by atoms with Crippen LogP contribution in [0.25, 0.3) is 0 Å². The Morgan fingerprint density at radius 2 is 2.13 bits per heavy atom. The number of fused-ring (bicyclic) bond motifs is 2. The van der Waals surface area contributed by atoms with Gasteiger partial charge in [-0.1, -0.05) is 12.1 Å². The number of Topliss-reactive ketones (excluding diaryl/α,β-unsaturated/α-hetero) is 1. The number of allylic oxidation sites excluding steroid dienone is 2. The van der Waals surface area contributed by atoms with E-state index < -0.39 is 0 Å². The molecule has 15 heavy (non-hydrogen) atoms. The van der Waals surface area contributed by atoms with E-state index in [0.717, 1.165) is 30.6 Å². The number of hydrogen-bond acceptors (Lipinski definition) is 2. The first-order chi connectivity index (χ1) is 7.36. The summed E-state index contributed by atoms with van der Waals surface area (Å²) in [5.74, 6) is 1.79. The fraction of sp³-hybridized carbons (Fsp3) is 0.308. The molecule has 2 aliphatic rings. The highest BCUT2D eigenvalue weighted by Crippen LogP contribution is 2.37. The van der Waals surface area contributed by atoms with Gasteiger partial charge in [-0.05, 0) is 37.5 Å². The predicted octanol–water partition coefficient (Wildman–Crippen LogP) is 2.95. The van der Waals surface area contributed by atoms with Gasteiger partial charge in [-0.3, -0.25) is 4.79 Å². The van der Waals surface area contributed by atoms with Crippen LogP contribution >= 0.6 is 0 Å². The Morgan fingerprint density at radius 1 is 1.27 bits per heavy atom. The number of hydrogen-bond donors (Lipinski definition) is 0. The lowest BCUT2D eigenvalue weighted by Gasteiger charge is -2.28. The van der Waals surface area contributed by atoms with Crippen molar-refractivity contribution in [1.82, 2.24) is 0 Å². The highest BCUT2D eigenvalue weighted by atomic mass is 16.5. The van der Waals surface area contributed by atoms with Crippen LogP contribution in [0, 0.1) is 5.92 Å². The largest absolute Gasteiger partial charge is 0.461 e. The number of ether oxygens (including phenoxy) is 1. The van der Waals surface area contributed by atoms with Crippen LogP contribution in [0.1, 0.15) is 29.6 Å². The number of para-hydroxylation sites is 1. The van der Waals surface area contributed by atoms with Gasteiger partial charge in [0.1, 0.15) is 11.5 Å². The first kappa shape index (κ1) is 8.72. The zero-order valence-electron chi connectivity index (χ0n) is 8.40. The van der Waals surface area contributed by atoms with Crippen molar-refractivity contribution < 1.29 is 9.53 Å². The molecule has 0 fully saturated rings. The van der Waals surface area contributed by atoms with E-state index in [1.165, 1.54) is 0 Å². The van der Waals surface area contributed by atoms with Gasteiger partial charge in [0.05, 0.1) is 11.5 Å². The summed E-state index contributed by atoms with van der Waals surface area (Å²) in [5.41, 5.74) is 0.738. The highest BCUT2D eigenvalue weighted by Gasteiger charge is 2.33. The maximum Gasteiger partial charge on any atom is 0.177 e. The molecule has 2 heteroatoms. The van der Waals surface area contributed by atoms with Gasteiger partial charge in [0.2, 0.25) is 0 Å². The molecule has 0 aromatic heterocycles. The zero-order valence-corrected chi connectivity index (χ0v) is 8.40. The van der Waals surface area contributed by atoms with Crippen molar-refractivity contribution in [3.63, 3.8) is 0 Å². The number of benzene rings is 1. The van der Waals surface area contributed by atoms with Gasteiger partial charge in [-0.15, -0.1) is 0 Å². The molecule has 1 aromatic rings. The molecule has 1 heterocycles. The van der Waals surface area contributed by atoms with Crippen LogP contribution < -0.4 is 4.74 Å². The summed E-state index contributed by atoms with van der Waals surface area (Å²) in [6, 6.07) is 7.50. The lowest BCUT2D eigenvalue weighted by Crippen LogP contribution is -2.27. The average molecular weight is 200 g/mol. The summed E-state index contributed by atoms with van der Waals surface area (Å²) in [6.45, 7) is 0. The summed E-state index contributed by atoms with van der Waals surface area (Å²) in [7, 11) is 0. The lowest BCUT2D eigenvalue weighted by atomic mass is 9.85. The highest BCUT2D eigenvalue weighted by molar-refractivity contribution is 6.03. The van der Waals surface area contributed by atoms with Gasteiger partial charge in [0.15, 0.2) is 5.78 Å². The molecule has 3 rings (SSSR count). The standard InChI is InChI=1S/C13H12O2/c14-13-9-5-1-3-7-11(9)15-12-8-4-2-6-10(12)13/h1,3,5,7-8,10H,2,4,6H2. The first-order valence-electron chi connectivity index (χ1n) is 5.37. The first-order valence-corrected chi connectivity index (χ1v) is 5.37. The molecule has 1 aromatic carbocycles. The maximum absolute atomic E-state index is 12.1. The molecular weight excluding hydrogens is 188 g/mol. The van der Waals surface area contributed by atoms with Crippen molar-refractivity contribution in [2.45, 2.75) is 19.3 Å². The molecule has 1 unspecified atom stereocenters. The van der Waals surface area contributed by atoms with Gasteiger partial charge in [0, 0.05) is 0 Å². The van der Waals surface area contributed by atoms with Crippen LogP contribution in [0.3, 0.4) is 0 Å². The second-order valence-electron chi connectivity index (χ2n) is 4.05. The SMILES string of the molecule is O=C1c2ccccc2OC2=CCCCC12.